The molecule has 1 aromatic carbocycles. The number of nitrogens with one attached hydrogen (secondary N) is 2. The number of rotatable bonds is 8. The Kier molecular flexibility index (Phi) is 8.71. The molecule has 0 bridgehead atoms. The third-order valence-corrected chi connectivity index (χ3v) is 6.45. The van der Waals surface area contributed by atoms with Crippen molar-refractivity contribution in [3.05, 3.63) is 53.2 Å². The van der Waals surface area contributed by atoms with Gasteiger partial charge >= 0.3 is 0 Å². The standard InChI is InChI=1S/C25H30ClFN6O3/c1-36-23-21(26)14-28-25(31-23)30-20-10-13-33(16-20)24(35)17-6-8-19(9-7-17)29-22(34)5-3-12-32-11-2-4-18(27)15-32/h3,5-9,14,18,20H,2,4,10-13,15-16H2,1H3,(H,29,34)(H,28,30,31)/b5-3+/t18-,20-/m1/s1. The zero-order valence-corrected chi connectivity index (χ0v) is 20.9. The van der Waals surface area contributed by atoms with Crippen molar-refractivity contribution in [1.29, 1.82) is 0 Å². The summed E-state index contributed by atoms with van der Waals surface area (Å²) >= 11 is 5.97. The Balaban J connectivity index is 1.24. The number of aromatic nitrogens is 2. The van der Waals surface area contributed by atoms with Crippen LogP contribution in [0.1, 0.15) is 29.6 Å². The molecule has 2 fully saturated rings. The molecule has 2 amide bonds. The number of methoxy groups -OCH3 is 1. The number of hydrogen-bond acceptors (Lipinski definition) is 7. The number of halogens is 2. The summed E-state index contributed by atoms with van der Waals surface area (Å²) in [5, 5.41) is 6.33. The number of amides is 2. The van der Waals surface area contributed by atoms with Crippen molar-refractivity contribution >= 4 is 35.1 Å². The first kappa shape index (κ1) is 25.8. The molecule has 192 valence electrons. The van der Waals surface area contributed by atoms with Gasteiger partial charge in [0.1, 0.15) is 11.2 Å². The third kappa shape index (κ3) is 6.92. The number of hydrogen-bond donors (Lipinski definition) is 2. The monoisotopic (exact) mass is 516 g/mol. The Morgan fingerprint density at radius 3 is 2.78 bits per heavy atom. The van der Waals surface area contributed by atoms with E-state index in [9.17, 15) is 14.0 Å². The van der Waals surface area contributed by atoms with Crippen LogP contribution in [0, 0.1) is 0 Å². The van der Waals surface area contributed by atoms with Gasteiger partial charge in [-0.25, -0.2) is 9.37 Å². The van der Waals surface area contributed by atoms with Crippen molar-refractivity contribution < 1.29 is 18.7 Å². The number of carbonyl (C=O) groups is 2. The van der Waals surface area contributed by atoms with E-state index in [1.807, 2.05) is 4.90 Å². The van der Waals surface area contributed by atoms with E-state index < -0.39 is 6.17 Å². The zero-order chi connectivity index (χ0) is 25.5. The van der Waals surface area contributed by atoms with E-state index in [2.05, 4.69) is 20.6 Å². The summed E-state index contributed by atoms with van der Waals surface area (Å²) in [6, 6.07) is 6.81. The van der Waals surface area contributed by atoms with Gasteiger partial charge in [0.15, 0.2) is 0 Å². The fourth-order valence-corrected chi connectivity index (χ4v) is 4.51. The third-order valence-electron chi connectivity index (χ3n) is 6.19. The lowest BCUT2D eigenvalue weighted by Gasteiger charge is -2.27. The normalized spacial score (nSPS) is 20.5. The first-order valence-electron chi connectivity index (χ1n) is 12.0. The predicted molar refractivity (Wildman–Crippen MR) is 136 cm³/mol. The minimum Gasteiger partial charge on any atom is -0.480 e. The number of carbonyl (C=O) groups excluding carboxylic acids is 2. The Labute approximate surface area is 214 Å². The number of benzene rings is 1. The molecule has 1 aromatic heterocycles. The Bertz CT molecular complexity index is 1100. The molecule has 2 atom stereocenters. The molecule has 0 spiro atoms. The average molecular weight is 517 g/mol. The maximum absolute atomic E-state index is 13.5. The lowest BCUT2D eigenvalue weighted by Crippen LogP contribution is -2.36. The number of alkyl halides is 1. The van der Waals surface area contributed by atoms with Crippen LogP contribution in [0.5, 0.6) is 5.88 Å². The van der Waals surface area contributed by atoms with E-state index in [0.29, 0.717) is 60.7 Å². The van der Waals surface area contributed by atoms with Crippen LogP contribution in [0.3, 0.4) is 0 Å². The fourth-order valence-electron chi connectivity index (χ4n) is 4.35. The second kappa shape index (κ2) is 12.1. The summed E-state index contributed by atoms with van der Waals surface area (Å²) in [5.74, 6) is 0.337. The highest BCUT2D eigenvalue weighted by atomic mass is 35.5. The second-order valence-corrected chi connectivity index (χ2v) is 9.31. The van der Waals surface area contributed by atoms with E-state index >= 15 is 0 Å². The summed E-state index contributed by atoms with van der Waals surface area (Å²) in [4.78, 5) is 37.3. The molecule has 36 heavy (non-hydrogen) atoms. The van der Waals surface area contributed by atoms with E-state index in [4.69, 9.17) is 16.3 Å². The number of likely N-dealkylation sites (tertiary alicyclic amines) is 2. The summed E-state index contributed by atoms with van der Waals surface area (Å²) < 4.78 is 18.6. The van der Waals surface area contributed by atoms with Crippen LogP contribution in [0.4, 0.5) is 16.0 Å². The highest BCUT2D eigenvalue weighted by Crippen LogP contribution is 2.23. The van der Waals surface area contributed by atoms with Gasteiger partial charge in [-0.3, -0.25) is 14.5 Å². The Hall–Kier alpha value is -3.24. The molecular formula is C25H30ClFN6O3. The lowest BCUT2D eigenvalue weighted by atomic mass is 10.1. The van der Waals surface area contributed by atoms with Crippen molar-refractivity contribution in [2.24, 2.45) is 0 Å². The van der Waals surface area contributed by atoms with Gasteiger partial charge in [-0.15, -0.1) is 0 Å². The van der Waals surface area contributed by atoms with Gasteiger partial charge in [0.05, 0.1) is 13.3 Å². The van der Waals surface area contributed by atoms with Crippen LogP contribution in [-0.4, -0.2) is 83.6 Å². The zero-order valence-electron chi connectivity index (χ0n) is 20.1. The molecule has 2 N–H and O–H groups in total. The van der Waals surface area contributed by atoms with Crippen LogP contribution in [0.2, 0.25) is 5.02 Å². The van der Waals surface area contributed by atoms with Crippen LogP contribution < -0.4 is 15.4 Å². The molecule has 2 aliphatic rings. The quantitative estimate of drug-likeness (QED) is 0.519. The van der Waals surface area contributed by atoms with E-state index in [1.165, 1.54) is 19.4 Å². The molecule has 0 unspecified atom stereocenters. The minimum atomic E-state index is -0.786. The van der Waals surface area contributed by atoms with Crippen molar-refractivity contribution in [2.45, 2.75) is 31.5 Å². The van der Waals surface area contributed by atoms with Gasteiger partial charge in [-0.2, -0.15) is 4.98 Å². The highest BCUT2D eigenvalue weighted by molar-refractivity contribution is 6.31. The van der Waals surface area contributed by atoms with Crippen LogP contribution in [0.25, 0.3) is 0 Å². The largest absolute Gasteiger partial charge is 0.480 e. The molecule has 3 heterocycles. The summed E-state index contributed by atoms with van der Waals surface area (Å²) in [6.45, 7) is 2.92. The molecule has 4 rings (SSSR count). The molecule has 11 heteroatoms. The molecular weight excluding hydrogens is 487 g/mol. The van der Waals surface area contributed by atoms with Crippen LogP contribution in [0.15, 0.2) is 42.6 Å². The Morgan fingerprint density at radius 2 is 2.03 bits per heavy atom. The van der Waals surface area contributed by atoms with Crippen LogP contribution in [-0.2, 0) is 4.79 Å². The Morgan fingerprint density at radius 1 is 1.22 bits per heavy atom. The maximum Gasteiger partial charge on any atom is 0.253 e. The van der Waals surface area contributed by atoms with Gasteiger partial charge in [0.2, 0.25) is 17.7 Å². The van der Waals surface area contributed by atoms with Crippen LogP contribution >= 0.6 is 11.6 Å². The fraction of sp³-hybridized carbons (Fsp3) is 0.440. The van der Waals surface area contributed by atoms with Gasteiger partial charge in [0, 0.05) is 49.5 Å². The van der Waals surface area contributed by atoms with Gasteiger partial charge in [-0.05, 0) is 50.1 Å². The summed E-state index contributed by atoms with van der Waals surface area (Å²) in [7, 11) is 1.49. The van der Waals surface area contributed by atoms with E-state index in [-0.39, 0.29) is 17.9 Å². The van der Waals surface area contributed by atoms with E-state index in [0.717, 1.165) is 19.4 Å². The second-order valence-electron chi connectivity index (χ2n) is 8.90. The molecule has 2 aromatic rings. The maximum atomic E-state index is 13.5. The first-order chi connectivity index (χ1) is 17.4. The van der Waals surface area contributed by atoms with Crippen molar-refractivity contribution in [3.8, 4) is 5.88 Å². The number of ether oxygens (including phenoxy) is 1. The smallest absolute Gasteiger partial charge is 0.253 e. The number of nitrogens with zero attached hydrogens (tertiary/aromatic N) is 4. The molecule has 0 aliphatic carbocycles. The van der Waals surface area contributed by atoms with Gasteiger partial charge in [0.25, 0.3) is 5.91 Å². The number of anilines is 2. The van der Waals surface area contributed by atoms with E-state index in [1.54, 1.807) is 35.2 Å². The molecule has 2 aliphatic heterocycles. The van der Waals surface area contributed by atoms with Crippen molar-refractivity contribution in [2.75, 3.05) is 50.5 Å². The first-order valence-corrected chi connectivity index (χ1v) is 12.4. The highest BCUT2D eigenvalue weighted by Gasteiger charge is 2.27. The average Bonchev–Trinajstić information content (AvgIpc) is 3.34. The van der Waals surface area contributed by atoms with Crippen molar-refractivity contribution in [1.82, 2.24) is 19.8 Å². The predicted octanol–water partition coefficient (Wildman–Crippen LogP) is 3.39. The van der Waals surface area contributed by atoms with Gasteiger partial charge in [-0.1, -0.05) is 17.7 Å². The summed E-state index contributed by atoms with van der Waals surface area (Å²) in [5.41, 5.74) is 1.14. The van der Waals surface area contributed by atoms with Gasteiger partial charge < -0.3 is 20.3 Å². The van der Waals surface area contributed by atoms with Crippen molar-refractivity contribution in [3.63, 3.8) is 0 Å². The summed E-state index contributed by atoms with van der Waals surface area (Å²) in [6.07, 6.45) is 6.09. The lowest BCUT2D eigenvalue weighted by molar-refractivity contribution is -0.111. The molecule has 9 nitrogen and oxygen atoms in total. The molecule has 0 radical (unpaired) electrons. The number of piperidine rings is 1. The SMILES string of the molecule is COc1nc(N[C@@H]2CCN(C(=O)c3ccc(NC(=O)/C=C/CN4CCC[C@@H](F)C4)cc3)C2)ncc1Cl. The minimum absolute atomic E-state index is 0.00547. The topological polar surface area (TPSA) is 99.7 Å². The molecule has 2 saturated heterocycles. The molecule has 0 saturated carbocycles.